The van der Waals surface area contributed by atoms with Gasteiger partial charge in [-0.3, -0.25) is 14.4 Å². The van der Waals surface area contributed by atoms with Crippen molar-refractivity contribution in [2.75, 3.05) is 13.1 Å². The lowest BCUT2D eigenvalue weighted by Crippen LogP contribution is -2.42. The summed E-state index contributed by atoms with van der Waals surface area (Å²) in [6.45, 7) is 0.831. The molecule has 1 atom stereocenters. The zero-order valence-corrected chi connectivity index (χ0v) is 18.2. The van der Waals surface area contributed by atoms with Crippen molar-refractivity contribution in [1.82, 2.24) is 15.2 Å². The average Bonchev–Trinajstić information content (AvgIpc) is 3.31. The lowest BCUT2D eigenvalue weighted by molar-refractivity contribution is -0.145. The number of benzene rings is 1. The van der Waals surface area contributed by atoms with Crippen LogP contribution in [-0.4, -0.2) is 45.9 Å². The smallest absolute Gasteiger partial charge is 0.306 e. The van der Waals surface area contributed by atoms with Crippen LogP contribution in [0, 0.1) is 5.92 Å². The standard InChI is InChI=1S/C22H22ClN3O4S/c23-18-11-15-10-17(25-21(15)31-18)20(28)24-16(13-4-2-1-3-5-13)12-19(27)26-8-6-14(7-9-26)22(29)30/h1-5,10-11,14,16,25H,6-9,12H2,(H,24,28)(H,29,30). The highest BCUT2D eigenvalue weighted by molar-refractivity contribution is 7.22. The van der Waals surface area contributed by atoms with Gasteiger partial charge in [0.25, 0.3) is 5.91 Å². The van der Waals surface area contributed by atoms with Gasteiger partial charge in [0.05, 0.1) is 22.7 Å². The molecule has 1 aliphatic heterocycles. The number of carboxylic acid groups (broad SMARTS) is 1. The number of hydrogen-bond donors (Lipinski definition) is 3. The van der Waals surface area contributed by atoms with Crippen molar-refractivity contribution in [3.63, 3.8) is 0 Å². The van der Waals surface area contributed by atoms with E-state index >= 15 is 0 Å². The Morgan fingerprint density at radius 1 is 1.19 bits per heavy atom. The van der Waals surface area contributed by atoms with Crippen molar-refractivity contribution in [3.8, 4) is 0 Å². The zero-order valence-electron chi connectivity index (χ0n) is 16.6. The summed E-state index contributed by atoms with van der Waals surface area (Å²) in [5, 5.41) is 13.0. The third-order valence-corrected chi connectivity index (χ3v) is 6.80. The van der Waals surface area contributed by atoms with E-state index in [4.69, 9.17) is 16.7 Å². The average molecular weight is 460 g/mol. The van der Waals surface area contributed by atoms with E-state index in [2.05, 4.69) is 10.3 Å². The molecule has 0 spiro atoms. The number of H-pyrrole nitrogens is 1. The monoisotopic (exact) mass is 459 g/mol. The lowest BCUT2D eigenvalue weighted by Gasteiger charge is -2.31. The van der Waals surface area contributed by atoms with Crippen molar-refractivity contribution >= 4 is 50.9 Å². The molecule has 0 radical (unpaired) electrons. The Kier molecular flexibility index (Phi) is 6.29. The summed E-state index contributed by atoms with van der Waals surface area (Å²) >= 11 is 7.37. The van der Waals surface area contributed by atoms with Crippen LogP contribution in [0.15, 0.2) is 42.5 Å². The largest absolute Gasteiger partial charge is 0.481 e. The number of aliphatic carboxylic acids is 1. The molecular weight excluding hydrogens is 438 g/mol. The predicted octanol–water partition coefficient (Wildman–Crippen LogP) is 4.07. The van der Waals surface area contributed by atoms with Crippen LogP contribution < -0.4 is 5.32 Å². The maximum Gasteiger partial charge on any atom is 0.306 e. The van der Waals surface area contributed by atoms with E-state index in [0.717, 1.165) is 15.8 Å². The van der Waals surface area contributed by atoms with Gasteiger partial charge in [-0.2, -0.15) is 0 Å². The van der Waals surface area contributed by atoms with Gasteiger partial charge >= 0.3 is 5.97 Å². The molecule has 162 valence electrons. The van der Waals surface area contributed by atoms with Gasteiger partial charge in [0.1, 0.15) is 10.5 Å². The number of likely N-dealkylation sites (tertiary alicyclic amines) is 1. The fourth-order valence-corrected chi connectivity index (χ4v) is 4.99. The Bertz CT molecular complexity index is 1070. The van der Waals surface area contributed by atoms with Crippen LogP contribution >= 0.6 is 22.9 Å². The zero-order chi connectivity index (χ0) is 22.0. The highest BCUT2D eigenvalue weighted by Crippen LogP contribution is 2.30. The first kappa shape index (κ1) is 21.4. The topological polar surface area (TPSA) is 102 Å². The second-order valence-electron chi connectivity index (χ2n) is 7.65. The molecule has 3 aromatic rings. The molecule has 0 bridgehead atoms. The number of thiophene rings is 1. The van der Waals surface area contributed by atoms with E-state index in [-0.39, 0.29) is 18.2 Å². The first-order valence-electron chi connectivity index (χ1n) is 10.0. The SMILES string of the molecule is O=C(NC(CC(=O)N1CCC(C(=O)O)CC1)c1ccccc1)c1cc2cc(Cl)sc2[nH]1. The van der Waals surface area contributed by atoms with E-state index in [1.165, 1.54) is 11.3 Å². The Labute approximate surface area is 188 Å². The van der Waals surface area contributed by atoms with Crippen LogP contribution in [0.4, 0.5) is 0 Å². The van der Waals surface area contributed by atoms with E-state index in [1.807, 2.05) is 30.3 Å². The molecule has 9 heteroatoms. The van der Waals surface area contributed by atoms with Gasteiger partial charge in [0.15, 0.2) is 0 Å². The fourth-order valence-electron chi connectivity index (χ4n) is 3.87. The van der Waals surface area contributed by atoms with Crippen molar-refractivity contribution < 1.29 is 19.5 Å². The van der Waals surface area contributed by atoms with Crippen molar-refractivity contribution in [2.24, 2.45) is 5.92 Å². The van der Waals surface area contributed by atoms with Gasteiger partial charge < -0.3 is 20.3 Å². The third-order valence-electron chi connectivity index (χ3n) is 5.61. The summed E-state index contributed by atoms with van der Waals surface area (Å²) < 4.78 is 0.646. The van der Waals surface area contributed by atoms with Gasteiger partial charge in [-0.15, -0.1) is 11.3 Å². The summed E-state index contributed by atoms with van der Waals surface area (Å²) in [5.74, 6) is -1.61. The Hall–Kier alpha value is -2.84. The number of aromatic amines is 1. The molecule has 2 amide bonds. The summed E-state index contributed by atoms with van der Waals surface area (Å²) in [5.41, 5.74) is 1.25. The minimum absolute atomic E-state index is 0.0998. The molecule has 3 N–H and O–H groups in total. The number of fused-ring (bicyclic) bond motifs is 1. The Morgan fingerprint density at radius 2 is 1.90 bits per heavy atom. The normalized spacial score (nSPS) is 15.7. The number of amides is 2. The van der Waals surface area contributed by atoms with Crippen LogP contribution in [0.1, 0.15) is 41.4 Å². The number of carbonyl (C=O) groups is 3. The molecule has 2 aromatic heterocycles. The fraction of sp³-hybridized carbons (Fsp3) is 0.318. The number of carboxylic acids is 1. The summed E-state index contributed by atoms with van der Waals surface area (Å²) in [4.78, 5) is 42.6. The van der Waals surface area contributed by atoms with Crippen molar-refractivity contribution in [1.29, 1.82) is 0 Å². The molecule has 1 saturated heterocycles. The Balaban J connectivity index is 1.47. The van der Waals surface area contributed by atoms with Gasteiger partial charge in [-0.1, -0.05) is 41.9 Å². The maximum atomic E-state index is 12.9. The molecule has 4 rings (SSSR count). The molecule has 1 unspecified atom stereocenters. The van der Waals surface area contributed by atoms with E-state index in [0.29, 0.717) is 36.0 Å². The lowest BCUT2D eigenvalue weighted by atomic mass is 9.96. The first-order valence-corrected chi connectivity index (χ1v) is 11.2. The number of nitrogens with one attached hydrogen (secondary N) is 2. The minimum Gasteiger partial charge on any atom is -0.481 e. The van der Waals surface area contributed by atoms with Crippen LogP contribution in [-0.2, 0) is 9.59 Å². The van der Waals surface area contributed by atoms with Crippen LogP contribution in [0.3, 0.4) is 0 Å². The second-order valence-corrected chi connectivity index (χ2v) is 9.34. The molecular formula is C22H22ClN3O4S. The van der Waals surface area contributed by atoms with Crippen LogP contribution in [0.5, 0.6) is 0 Å². The molecule has 1 aromatic carbocycles. The molecule has 0 aliphatic carbocycles. The predicted molar refractivity (Wildman–Crippen MR) is 119 cm³/mol. The summed E-state index contributed by atoms with van der Waals surface area (Å²) in [6, 6.07) is 12.4. The molecule has 31 heavy (non-hydrogen) atoms. The number of halogens is 1. The van der Waals surface area contributed by atoms with Crippen molar-refractivity contribution in [2.45, 2.75) is 25.3 Å². The number of hydrogen-bond acceptors (Lipinski definition) is 4. The number of nitrogens with zero attached hydrogens (tertiary/aromatic N) is 1. The summed E-state index contributed by atoms with van der Waals surface area (Å²) in [7, 11) is 0. The highest BCUT2D eigenvalue weighted by Gasteiger charge is 2.29. The Morgan fingerprint density at radius 3 is 2.55 bits per heavy atom. The van der Waals surface area contributed by atoms with Gasteiger partial charge in [-0.25, -0.2) is 0 Å². The molecule has 1 aliphatic rings. The highest BCUT2D eigenvalue weighted by atomic mass is 35.5. The van der Waals surface area contributed by atoms with Crippen LogP contribution in [0.25, 0.3) is 10.2 Å². The number of piperidine rings is 1. The summed E-state index contributed by atoms with van der Waals surface area (Å²) in [6.07, 6.45) is 1.00. The number of carbonyl (C=O) groups excluding carboxylic acids is 2. The van der Waals surface area contributed by atoms with Gasteiger partial charge in [0.2, 0.25) is 5.91 Å². The number of rotatable bonds is 6. The molecule has 1 fully saturated rings. The van der Waals surface area contributed by atoms with Gasteiger partial charge in [0, 0.05) is 18.5 Å². The molecule has 3 heterocycles. The second kappa shape index (κ2) is 9.11. The minimum atomic E-state index is -0.811. The third kappa shape index (κ3) is 4.91. The molecule has 7 nitrogen and oxygen atoms in total. The van der Waals surface area contributed by atoms with Crippen molar-refractivity contribution in [3.05, 3.63) is 58.1 Å². The maximum absolute atomic E-state index is 12.9. The van der Waals surface area contributed by atoms with Gasteiger partial charge in [-0.05, 0) is 30.5 Å². The quantitative estimate of drug-likeness (QED) is 0.517. The first-order chi connectivity index (χ1) is 14.9. The molecule has 0 saturated carbocycles. The van der Waals surface area contributed by atoms with E-state index < -0.39 is 17.9 Å². The number of aromatic nitrogens is 1. The van der Waals surface area contributed by atoms with E-state index in [1.54, 1.807) is 17.0 Å². The van der Waals surface area contributed by atoms with E-state index in [9.17, 15) is 14.4 Å². The van der Waals surface area contributed by atoms with Crippen LogP contribution in [0.2, 0.25) is 4.34 Å².